The van der Waals surface area contributed by atoms with Gasteiger partial charge in [-0.3, -0.25) is 0 Å². The van der Waals surface area contributed by atoms with Crippen LogP contribution >= 0.6 is 24.0 Å². The molecule has 0 amide bonds. The summed E-state index contributed by atoms with van der Waals surface area (Å²) in [6.45, 7) is 5.42. The SMILES string of the molecule is CCOCCCNCc1cc(Cl)ccc1OCc1ccc(F)cc1.Cl. The van der Waals surface area contributed by atoms with Crippen molar-refractivity contribution in [2.45, 2.75) is 26.5 Å². The summed E-state index contributed by atoms with van der Waals surface area (Å²) in [5, 5.41) is 4.04. The maximum Gasteiger partial charge on any atom is 0.124 e. The van der Waals surface area contributed by atoms with E-state index in [-0.39, 0.29) is 18.2 Å². The molecule has 0 fully saturated rings. The summed E-state index contributed by atoms with van der Waals surface area (Å²) < 4.78 is 24.1. The van der Waals surface area contributed by atoms with Gasteiger partial charge >= 0.3 is 0 Å². The summed E-state index contributed by atoms with van der Waals surface area (Å²) in [5.74, 6) is 0.531. The lowest BCUT2D eigenvalue weighted by atomic mass is 10.2. The third-order valence-electron chi connectivity index (χ3n) is 3.49. The molecule has 0 aliphatic heterocycles. The van der Waals surface area contributed by atoms with Gasteiger partial charge in [-0.25, -0.2) is 4.39 Å². The van der Waals surface area contributed by atoms with Crippen LogP contribution in [0.25, 0.3) is 0 Å². The van der Waals surface area contributed by atoms with Crippen molar-refractivity contribution in [1.29, 1.82) is 0 Å². The van der Waals surface area contributed by atoms with Gasteiger partial charge in [0.1, 0.15) is 18.2 Å². The number of halogens is 3. The molecular weight excluding hydrogens is 364 g/mol. The van der Waals surface area contributed by atoms with E-state index >= 15 is 0 Å². The molecule has 6 heteroatoms. The van der Waals surface area contributed by atoms with Gasteiger partial charge in [-0.2, -0.15) is 0 Å². The number of benzene rings is 2. The molecule has 0 spiro atoms. The Morgan fingerprint density at radius 1 is 1.12 bits per heavy atom. The monoisotopic (exact) mass is 387 g/mol. The highest BCUT2D eigenvalue weighted by molar-refractivity contribution is 6.30. The second-order valence-corrected chi connectivity index (χ2v) is 5.83. The summed E-state index contributed by atoms with van der Waals surface area (Å²) in [5.41, 5.74) is 1.92. The van der Waals surface area contributed by atoms with E-state index < -0.39 is 0 Å². The molecule has 0 radical (unpaired) electrons. The van der Waals surface area contributed by atoms with Crippen molar-refractivity contribution in [2.24, 2.45) is 0 Å². The van der Waals surface area contributed by atoms with Gasteiger partial charge in [0.25, 0.3) is 0 Å². The highest BCUT2D eigenvalue weighted by atomic mass is 35.5. The average Bonchev–Trinajstić information content (AvgIpc) is 2.58. The van der Waals surface area contributed by atoms with Gasteiger partial charge in [0, 0.05) is 30.3 Å². The number of rotatable bonds is 10. The Bertz CT molecular complexity index is 623. The standard InChI is InChI=1S/C19H23ClFNO2.ClH/c1-2-23-11-3-10-22-13-16-12-17(20)6-9-19(16)24-14-15-4-7-18(21)8-5-15;/h4-9,12,22H,2-3,10-11,13-14H2,1H3;1H. The van der Waals surface area contributed by atoms with E-state index in [1.807, 2.05) is 19.1 Å². The topological polar surface area (TPSA) is 30.5 Å². The first-order chi connectivity index (χ1) is 11.7. The third-order valence-corrected chi connectivity index (χ3v) is 3.73. The van der Waals surface area contributed by atoms with Crippen LogP contribution in [0.2, 0.25) is 5.02 Å². The van der Waals surface area contributed by atoms with Crippen molar-refractivity contribution < 1.29 is 13.9 Å². The minimum Gasteiger partial charge on any atom is -0.489 e. The smallest absolute Gasteiger partial charge is 0.124 e. The van der Waals surface area contributed by atoms with E-state index in [4.69, 9.17) is 21.1 Å². The molecule has 0 saturated carbocycles. The number of nitrogens with one attached hydrogen (secondary N) is 1. The van der Waals surface area contributed by atoms with Crippen molar-refractivity contribution >= 4 is 24.0 Å². The van der Waals surface area contributed by atoms with Crippen LogP contribution in [0, 0.1) is 5.82 Å². The largest absolute Gasteiger partial charge is 0.489 e. The van der Waals surface area contributed by atoms with Gasteiger partial charge in [-0.1, -0.05) is 23.7 Å². The van der Waals surface area contributed by atoms with Crippen LogP contribution in [0.4, 0.5) is 4.39 Å². The van der Waals surface area contributed by atoms with Gasteiger partial charge in [0.05, 0.1) is 0 Å². The third kappa shape index (κ3) is 8.06. The highest BCUT2D eigenvalue weighted by Gasteiger charge is 2.06. The zero-order valence-electron chi connectivity index (χ0n) is 14.3. The predicted molar refractivity (Wildman–Crippen MR) is 102 cm³/mol. The average molecular weight is 388 g/mol. The van der Waals surface area contributed by atoms with Crippen molar-refractivity contribution in [3.05, 3.63) is 64.4 Å². The second-order valence-electron chi connectivity index (χ2n) is 5.39. The van der Waals surface area contributed by atoms with Gasteiger partial charge < -0.3 is 14.8 Å². The first kappa shape index (κ1) is 21.7. The molecule has 0 saturated heterocycles. The molecule has 25 heavy (non-hydrogen) atoms. The van der Waals surface area contributed by atoms with Gasteiger partial charge in [-0.05, 0) is 55.8 Å². The quantitative estimate of drug-likeness (QED) is 0.582. The Balaban J connectivity index is 0.00000312. The maximum atomic E-state index is 12.9. The fraction of sp³-hybridized carbons (Fsp3) is 0.368. The van der Waals surface area contributed by atoms with Crippen LogP contribution in [-0.2, 0) is 17.9 Å². The van der Waals surface area contributed by atoms with Crippen molar-refractivity contribution in [3.8, 4) is 5.75 Å². The molecule has 2 aromatic rings. The van der Waals surface area contributed by atoms with E-state index in [9.17, 15) is 4.39 Å². The molecule has 3 nitrogen and oxygen atoms in total. The minimum atomic E-state index is -0.248. The minimum absolute atomic E-state index is 0. The summed E-state index contributed by atoms with van der Waals surface area (Å²) in [6.07, 6.45) is 0.959. The highest BCUT2D eigenvalue weighted by Crippen LogP contribution is 2.24. The van der Waals surface area contributed by atoms with Crippen LogP contribution in [0.1, 0.15) is 24.5 Å². The summed E-state index contributed by atoms with van der Waals surface area (Å²) in [6, 6.07) is 11.9. The Hall–Kier alpha value is -1.33. The number of hydrogen-bond acceptors (Lipinski definition) is 3. The number of hydrogen-bond donors (Lipinski definition) is 1. The van der Waals surface area contributed by atoms with Gasteiger partial charge in [0.15, 0.2) is 0 Å². The van der Waals surface area contributed by atoms with Crippen molar-refractivity contribution in [3.63, 3.8) is 0 Å². The number of ether oxygens (including phenoxy) is 2. The summed E-state index contributed by atoms with van der Waals surface area (Å²) in [4.78, 5) is 0. The lowest BCUT2D eigenvalue weighted by Crippen LogP contribution is -2.17. The molecule has 138 valence electrons. The molecule has 0 unspecified atom stereocenters. The van der Waals surface area contributed by atoms with Crippen LogP contribution in [0.5, 0.6) is 5.75 Å². The normalized spacial score (nSPS) is 10.4. The first-order valence-electron chi connectivity index (χ1n) is 8.13. The van der Waals surface area contributed by atoms with Crippen LogP contribution in [0.15, 0.2) is 42.5 Å². The maximum absolute atomic E-state index is 12.9. The van der Waals surface area contributed by atoms with Crippen molar-refractivity contribution in [1.82, 2.24) is 5.32 Å². The van der Waals surface area contributed by atoms with Crippen molar-refractivity contribution in [2.75, 3.05) is 19.8 Å². The summed E-state index contributed by atoms with van der Waals surface area (Å²) >= 11 is 6.09. The molecule has 0 aliphatic carbocycles. The Morgan fingerprint density at radius 3 is 2.60 bits per heavy atom. The summed E-state index contributed by atoms with van der Waals surface area (Å²) in [7, 11) is 0. The molecule has 1 N–H and O–H groups in total. The van der Waals surface area contributed by atoms with E-state index in [1.165, 1.54) is 12.1 Å². The Kier molecular flexibility index (Phi) is 10.5. The zero-order chi connectivity index (χ0) is 17.2. The van der Waals surface area contributed by atoms with Gasteiger partial charge in [0.2, 0.25) is 0 Å². The lowest BCUT2D eigenvalue weighted by molar-refractivity contribution is 0.144. The van der Waals surface area contributed by atoms with E-state index in [1.54, 1.807) is 18.2 Å². The molecule has 0 aromatic heterocycles. The molecular formula is C19H24Cl2FNO2. The Labute approximate surface area is 159 Å². The first-order valence-corrected chi connectivity index (χ1v) is 8.51. The van der Waals surface area contributed by atoms with E-state index in [2.05, 4.69) is 5.32 Å². The fourth-order valence-corrected chi connectivity index (χ4v) is 2.43. The van der Waals surface area contributed by atoms with E-state index in [0.29, 0.717) is 18.2 Å². The Morgan fingerprint density at radius 2 is 1.88 bits per heavy atom. The molecule has 0 atom stereocenters. The second kappa shape index (κ2) is 12.1. The molecule has 2 rings (SSSR count). The van der Waals surface area contributed by atoms with Crippen LogP contribution in [-0.4, -0.2) is 19.8 Å². The molecule has 2 aromatic carbocycles. The predicted octanol–water partition coefficient (Wildman–Crippen LogP) is 5.00. The van der Waals surface area contributed by atoms with Gasteiger partial charge in [-0.15, -0.1) is 12.4 Å². The zero-order valence-corrected chi connectivity index (χ0v) is 15.8. The van der Waals surface area contributed by atoms with Crippen LogP contribution in [0.3, 0.4) is 0 Å². The lowest BCUT2D eigenvalue weighted by Gasteiger charge is -2.13. The molecule has 0 aliphatic rings. The van der Waals surface area contributed by atoms with E-state index in [0.717, 1.165) is 43.1 Å². The molecule has 0 heterocycles. The van der Waals surface area contributed by atoms with Crippen LogP contribution < -0.4 is 10.1 Å². The molecule has 0 bridgehead atoms. The fourth-order valence-electron chi connectivity index (χ4n) is 2.24.